The van der Waals surface area contributed by atoms with Crippen molar-refractivity contribution >= 4 is 11.3 Å². The van der Waals surface area contributed by atoms with Crippen LogP contribution in [0.1, 0.15) is 16.3 Å². The molecule has 0 spiro atoms. The lowest BCUT2D eigenvalue weighted by atomic mass is 10.2. The summed E-state index contributed by atoms with van der Waals surface area (Å²) < 4.78 is 19.0. The first-order chi connectivity index (χ1) is 8.20. The molecule has 1 aromatic carbocycles. The van der Waals surface area contributed by atoms with Gasteiger partial charge in [0.15, 0.2) is 11.6 Å². The van der Waals surface area contributed by atoms with E-state index >= 15 is 0 Å². The molecule has 90 valence electrons. The van der Waals surface area contributed by atoms with Crippen LogP contribution in [-0.2, 0) is 13.2 Å². The molecule has 0 saturated carbocycles. The Morgan fingerprint density at radius 2 is 2.29 bits per heavy atom. The molecule has 2 aromatic rings. The first-order valence-corrected chi connectivity index (χ1v) is 6.10. The molecule has 0 unspecified atom stereocenters. The summed E-state index contributed by atoms with van der Waals surface area (Å²) in [5.74, 6) is -0.163. The largest absolute Gasteiger partial charge is 0.483 e. The standard InChI is InChI=1S/C12H13FN2OS/c1-8-7-17-11(15-8)6-16-12-9(5-14)3-2-4-10(12)13/h2-4,7H,5-6,14H2,1H3. The van der Waals surface area contributed by atoms with Crippen molar-refractivity contribution in [2.75, 3.05) is 0 Å². The molecular formula is C12H13FN2OS. The van der Waals surface area contributed by atoms with Crippen molar-refractivity contribution in [3.63, 3.8) is 0 Å². The number of rotatable bonds is 4. The lowest BCUT2D eigenvalue weighted by Gasteiger charge is -2.09. The average molecular weight is 252 g/mol. The number of aryl methyl sites for hydroxylation is 1. The molecule has 0 aliphatic heterocycles. The Morgan fingerprint density at radius 1 is 1.47 bits per heavy atom. The van der Waals surface area contributed by atoms with Gasteiger partial charge in [-0.2, -0.15) is 0 Å². The monoisotopic (exact) mass is 252 g/mol. The van der Waals surface area contributed by atoms with Gasteiger partial charge in [0, 0.05) is 23.2 Å². The molecule has 2 rings (SSSR count). The predicted molar refractivity (Wildman–Crippen MR) is 65.5 cm³/mol. The molecule has 5 heteroatoms. The van der Waals surface area contributed by atoms with Crippen LogP contribution in [0.15, 0.2) is 23.6 Å². The summed E-state index contributed by atoms with van der Waals surface area (Å²) in [6.45, 7) is 2.44. The highest BCUT2D eigenvalue weighted by Gasteiger charge is 2.09. The average Bonchev–Trinajstić information content (AvgIpc) is 2.73. The van der Waals surface area contributed by atoms with Gasteiger partial charge in [-0.25, -0.2) is 9.37 Å². The van der Waals surface area contributed by atoms with E-state index in [1.165, 1.54) is 17.4 Å². The fourth-order valence-corrected chi connectivity index (χ4v) is 2.16. The van der Waals surface area contributed by atoms with E-state index in [-0.39, 0.29) is 24.7 Å². The van der Waals surface area contributed by atoms with Gasteiger partial charge in [0.25, 0.3) is 0 Å². The van der Waals surface area contributed by atoms with E-state index in [4.69, 9.17) is 10.5 Å². The molecule has 0 radical (unpaired) electrons. The van der Waals surface area contributed by atoms with E-state index in [0.717, 1.165) is 10.7 Å². The molecule has 0 bridgehead atoms. The summed E-state index contributed by atoms with van der Waals surface area (Å²) in [6, 6.07) is 4.74. The molecule has 0 fully saturated rings. The van der Waals surface area contributed by atoms with Gasteiger partial charge in [-0.1, -0.05) is 12.1 Å². The summed E-state index contributed by atoms with van der Waals surface area (Å²) >= 11 is 1.50. The second kappa shape index (κ2) is 5.25. The van der Waals surface area contributed by atoms with Crippen molar-refractivity contribution in [3.8, 4) is 5.75 Å². The number of benzene rings is 1. The molecule has 0 aliphatic rings. The zero-order chi connectivity index (χ0) is 12.3. The van der Waals surface area contributed by atoms with E-state index in [1.807, 2.05) is 12.3 Å². The number of ether oxygens (including phenoxy) is 1. The Hall–Kier alpha value is -1.46. The maximum absolute atomic E-state index is 13.5. The first kappa shape index (κ1) is 12.0. The Bertz CT molecular complexity index is 513. The number of aromatic nitrogens is 1. The van der Waals surface area contributed by atoms with E-state index in [9.17, 15) is 4.39 Å². The Balaban J connectivity index is 2.13. The summed E-state index contributed by atoms with van der Waals surface area (Å²) in [6.07, 6.45) is 0. The second-order valence-electron chi connectivity index (χ2n) is 3.60. The van der Waals surface area contributed by atoms with E-state index in [2.05, 4.69) is 4.98 Å². The van der Waals surface area contributed by atoms with Gasteiger partial charge in [-0.3, -0.25) is 0 Å². The van der Waals surface area contributed by atoms with E-state index in [1.54, 1.807) is 12.1 Å². The zero-order valence-corrected chi connectivity index (χ0v) is 10.3. The Morgan fingerprint density at radius 3 is 2.94 bits per heavy atom. The normalized spacial score (nSPS) is 10.5. The summed E-state index contributed by atoms with van der Waals surface area (Å²) in [7, 11) is 0. The molecule has 0 saturated heterocycles. The van der Waals surface area contributed by atoms with Crippen molar-refractivity contribution in [2.24, 2.45) is 5.73 Å². The second-order valence-corrected chi connectivity index (χ2v) is 4.55. The number of para-hydroxylation sites is 1. The first-order valence-electron chi connectivity index (χ1n) is 5.22. The number of thiazole rings is 1. The van der Waals surface area contributed by atoms with E-state index < -0.39 is 0 Å². The van der Waals surface area contributed by atoms with Crippen LogP contribution in [0.4, 0.5) is 4.39 Å². The van der Waals surface area contributed by atoms with Crippen LogP contribution in [-0.4, -0.2) is 4.98 Å². The Kier molecular flexibility index (Phi) is 3.71. The SMILES string of the molecule is Cc1csc(COc2c(F)cccc2CN)n1. The van der Waals surface area contributed by atoms with Crippen LogP contribution in [0.3, 0.4) is 0 Å². The highest BCUT2D eigenvalue weighted by Crippen LogP contribution is 2.23. The van der Waals surface area contributed by atoms with Crippen molar-refractivity contribution in [1.82, 2.24) is 4.98 Å². The van der Waals surface area contributed by atoms with Gasteiger partial charge in [0.1, 0.15) is 11.6 Å². The molecular weight excluding hydrogens is 239 g/mol. The number of hydrogen-bond donors (Lipinski definition) is 1. The van der Waals surface area contributed by atoms with Crippen LogP contribution in [0.2, 0.25) is 0 Å². The third-order valence-electron chi connectivity index (χ3n) is 2.27. The molecule has 2 N–H and O–H groups in total. The predicted octanol–water partition coefficient (Wildman–Crippen LogP) is 2.63. The van der Waals surface area contributed by atoms with Crippen molar-refractivity contribution in [1.29, 1.82) is 0 Å². The van der Waals surface area contributed by atoms with Gasteiger partial charge < -0.3 is 10.5 Å². The van der Waals surface area contributed by atoms with Crippen LogP contribution < -0.4 is 10.5 Å². The van der Waals surface area contributed by atoms with Crippen LogP contribution >= 0.6 is 11.3 Å². The van der Waals surface area contributed by atoms with Crippen molar-refractivity contribution < 1.29 is 9.13 Å². The smallest absolute Gasteiger partial charge is 0.165 e. The van der Waals surface area contributed by atoms with Crippen molar-refractivity contribution in [3.05, 3.63) is 45.7 Å². The lowest BCUT2D eigenvalue weighted by Crippen LogP contribution is -2.04. The molecule has 0 amide bonds. The van der Waals surface area contributed by atoms with Gasteiger partial charge >= 0.3 is 0 Å². The number of nitrogens with zero attached hydrogens (tertiary/aromatic N) is 1. The Labute approximate surface area is 103 Å². The minimum Gasteiger partial charge on any atom is -0.483 e. The van der Waals surface area contributed by atoms with Crippen LogP contribution in [0, 0.1) is 12.7 Å². The van der Waals surface area contributed by atoms with Gasteiger partial charge in [-0.15, -0.1) is 11.3 Å². The van der Waals surface area contributed by atoms with E-state index in [0.29, 0.717) is 5.56 Å². The quantitative estimate of drug-likeness (QED) is 0.910. The van der Waals surface area contributed by atoms with Gasteiger partial charge in [-0.05, 0) is 13.0 Å². The molecule has 1 heterocycles. The van der Waals surface area contributed by atoms with Crippen molar-refractivity contribution in [2.45, 2.75) is 20.1 Å². The summed E-state index contributed by atoms with van der Waals surface area (Å²) in [4.78, 5) is 4.25. The number of halogens is 1. The van der Waals surface area contributed by atoms with Gasteiger partial charge in [0.05, 0.1) is 0 Å². The zero-order valence-electron chi connectivity index (χ0n) is 9.44. The topological polar surface area (TPSA) is 48.1 Å². The van der Waals surface area contributed by atoms with Crippen LogP contribution in [0.25, 0.3) is 0 Å². The molecule has 17 heavy (non-hydrogen) atoms. The molecule has 1 aromatic heterocycles. The summed E-state index contributed by atoms with van der Waals surface area (Å²) in [5.41, 5.74) is 7.14. The number of hydrogen-bond acceptors (Lipinski definition) is 4. The third-order valence-corrected chi connectivity index (χ3v) is 3.22. The maximum Gasteiger partial charge on any atom is 0.165 e. The molecule has 0 atom stereocenters. The maximum atomic E-state index is 13.5. The minimum atomic E-state index is -0.388. The highest BCUT2D eigenvalue weighted by atomic mass is 32.1. The summed E-state index contributed by atoms with van der Waals surface area (Å²) in [5, 5.41) is 2.76. The third kappa shape index (κ3) is 2.81. The molecule has 0 aliphatic carbocycles. The fourth-order valence-electron chi connectivity index (χ4n) is 1.48. The number of nitrogens with two attached hydrogens (primary N) is 1. The van der Waals surface area contributed by atoms with Crippen LogP contribution in [0.5, 0.6) is 5.75 Å². The lowest BCUT2D eigenvalue weighted by molar-refractivity contribution is 0.286. The fraction of sp³-hybridized carbons (Fsp3) is 0.250. The highest BCUT2D eigenvalue weighted by molar-refractivity contribution is 7.09. The minimum absolute atomic E-state index is 0.225. The van der Waals surface area contributed by atoms with Gasteiger partial charge in [0.2, 0.25) is 0 Å². The molecule has 3 nitrogen and oxygen atoms in total.